The highest BCUT2D eigenvalue weighted by molar-refractivity contribution is 7.13. The molecule has 0 saturated carbocycles. The van der Waals surface area contributed by atoms with Crippen molar-refractivity contribution in [2.75, 3.05) is 31.6 Å². The van der Waals surface area contributed by atoms with E-state index in [9.17, 15) is 24.3 Å². The van der Waals surface area contributed by atoms with E-state index in [1.54, 1.807) is 67.8 Å². The summed E-state index contributed by atoms with van der Waals surface area (Å²) in [6.07, 6.45) is 0.343. The molecule has 0 aliphatic carbocycles. The summed E-state index contributed by atoms with van der Waals surface area (Å²) in [5, 5.41) is 16.3. The highest BCUT2D eigenvalue weighted by Gasteiger charge is 2.45. The molecule has 5 atom stereocenters. The number of aliphatic hydroxyl groups is 1. The molecule has 1 aliphatic rings. The summed E-state index contributed by atoms with van der Waals surface area (Å²) in [6, 6.07) is 10.3. The first kappa shape index (κ1) is 46.1. The Balaban J connectivity index is 0.00000841. The molecule has 1 aliphatic heterocycles. The Morgan fingerprint density at radius 3 is 2.45 bits per heavy atom. The van der Waals surface area contributed by atoms with Gasteiger partial charge >= 0.3 is 6.09 Å². The molecule has 4 amide bonds. The van der Waals surface area contributed by atoms with Crippen LogP contribution in [0.1, 0.15) is 82.7 Å². The van der Waals surface area contributed by atoms with Crippen molar-refractivity contribution in [3.05, 3.63) is 70.6 Å². The molecule has 4 rings (SSSR count). The number of aromatic nitrogens is 1. The summed E-state index contributed by atoms with van der Waals surface area (Å²) in [7, 11) is 1.74. The fourth-order valence-electron chi connectivity index (χ4n) is 6.68. The van der Waals surface area contributed by atoms with Gasteiger partial charge in [-0.05, 0) is 67.7 Å². The maximum atomic E-state index is 15.4. The summed E-state index contributed by atoms with van der Waals surface area (Å²) in [5.74, 6) is -1.68. The molecule has 0 radical (unpaired) electrons. The lowest BCUT2D eigenvalue weighted by molar-refractivity contribution is -0.142. The standard InChI is InChI=1S/C40H56FN7O6S.ClH/c1-24(26-13-15-28(16-14-26)35-25(2)44-23-55-35)45-37(51)32-20-30(49)22-48(32)38(52)36(40(3,4)5)46-39(53)54-19-8-7-10-27-11-9-12-31(34(27)41)47(6)21-29(42)17-18-33(43)50;/h9,11-16,23-24,29-30,32,36,49H,7-8,10,17-22,42H2,1-6H3,(H2,43,50)(H,45,51)(H,46,53);1H/t24-,29?,30+,32-,36+;/m0./s1. The topological polar surface area (TPSA) is 193 Å². The van der Waals surface area contributed by atoms with E-state index in [2.05, 4.69) is 15.6 Å². The number of alkyl carbamates (subject to hydrolysis) is 1. The minimum atomic E-state index is -1.04. The van der Waals surface area contributed by atoms with Crippen LogP contribution in [-0.2, 0) is 25.5 Å². The Labute approximate surface area is 339 Å². The molecular weight excluding hydrogens is 761 g/mol. The lowest BCUT2D eigenvalue weighted by Crippen LogP contribution is -2.58. The van der Waals surface area contributed by atoms with E-state index in [0.717, 1.165) is 21.7 Å². The Kier molecular flexibility index (Phi) is 17.1. The van der Waals surface area contributed by atoms with E-state index in [4.69, 9.17) is 16.2 Å². The maximum Gasteiger partial charge on any atom is 0.407 e. The quantitative estimate of drug-likeness (QED) is 0.117. The van der Waals surface area contributed by atoms with Crippen molar-refractivity contribution in [2.45, 2.75) is 103 Å². The van der Waals surface area contributed by atoms with E-state index < -0.39 is 47.4 Å². The Morgan fingerprint density at radius 2 is 1.82 bits per heavy atom. The number of thiazole rings is 1. The van der Waals surface area contributed by atoms with Crippen molar-refractivity contribution in [3.63, 3.8) is 0 Å². The molecule has 1 aromatic heterocycles. The molecule has 1 saturated heterocycles. The molecule has 16 heteroatoms. The third-order valence-electron chi connectivity index (χ3n) is 9.83. The number of amides is 4. The number of halogens is 2. The smallest absolute Gasteiger partial charge is 0.407 e. The number of β-amino-alcohol motifs (C(OH)–C–C–N with tert-alkyl or cyclic N) is 1. The zero-order chi connectivity index (χ0) is 40.4. The third kappa shape index (κ3) is 12.6. The number of likely N-dealkylation sites (N-methyl/N-ethyl adjacent to an activating group) is 1. The molecular formula is C40H57ClFN7O6S. The number of hydrogen-bond acceptors (Lipinski definition) is 10. The van der Waals surface area contributed by atoms with E-state index in [1.165, 1.54) is 4.90 Å². The fourth-order valence-corrected chi connectivity index (χ4v) is 7.49. The number of anilines is 1. The summed E-state index contributed by atoms with van der Waals surface area (Å²) in [4.78, 5) is 60.0. The number of likely N-dealkylation sites (tertiary alicyclic amines) is 1. The minimum absolute atomic E-state index is 0. The van der Waals surface area contributed by atoms with Crippen molar-refractivity contribution in [3.8, 4) is 10.4 Å². The van der Waals surface area contributed by atoms with Crippen LogP contribution >= 0.6 is 23.7 Å². The number of nitrogens with zero attached hydrogens (tertiary/aromatic N) is 3. The summed E-state index contributed by atoms with van der Waals surface area (Å²) in [5.41, 5.74) is 16.1. The zero-order valence-electron chi connectivity index (χ0n) is 33.0. The summed E-state index contributed by atoms with van der Waals surface area (Å²) >= 11 is 1.56. The van der Waals surface area contributed by atoms with Crippen LogP contribution in [0.25, 0.3) is 10.4 Å². The van der Waals surface area contributed by atoms with Gasteiger partial charge in [0.25, 0.3) is 0 Å². The number of nitrogens with one attached hydrogen (secondary N) is 2. The van der Waals surface area contributed by atoms with Gasteiger partial charge in [-0.1, -0.05) is 57.2 Å². The second-order valence-electron chi connectivity index (χ2n) is 15.4. The van der Waals surface area contributed by atoms with E-state index in [1.807, 2.05) is 38.1 Å². The second kappa shape index (κ2) is 20.7. The number of aryl methyl sites for hydroxylation is 2. The van der Waals surface area contributed by atoms with Crippen LogP contribution in [-0.4, -0.2) is 89.8 Å². The Bertz CT molecular complexity index is 1790. The number of aliphatic hydroxyl groups excluding tert-OH is 1. The Hall–Kier alpha value is -4.31. The first-order chi connectivity index (χ1) is 26.0. The van der Waals surface area contributed by atoms with E-state index in [0.29, 0.717) is 43.5 Å². The number of rotatable bonds is 17. The van der Waals surface area contributed by atoms with E-state index in [-0.39, 0.29) is 56.3 Å². The van der Waals surface area contributed by atoms with Crippen molar-refractivity contribution < 1.29 is 33.4 Å². The number of unbranched alkanes of at least 4 members (excludes halogenated alkanes) is 1. The number of hydrogen-bond donors (Lipinski definition) is 5. The second-order valence-corrected chi connectivity index (χ2v) is 16.3. The predicted molar refractivity (Wildman–Crippen MR) is 219 cm³/mol. The molecule has 0 bridgehead atoms. The molecule has 13 nitrogen and oxygen atoms in total. The van der Waals surface area contributed by atoms with Crippen molar-refractivity contribution in [2.24, 2.45) is 16.9 Å². The number of nitrogens with two attached hydrogens (primary N) is 2. The molecule has 2 heterocycles. The van der Waals surface area contributed by atoms with Gasteiger partial charge in [-0.3, -0.25) is 14.4 Å². The van der Waals surface area contributed by atoms with Gasteiger partial charge in [-0.15, -0.1) is 23.7 Å². The van der Waals surface area contributed by atoms with Gasteiger partial charge in [0.2, 0.25) is 17.7 Å². The van der Waals surface area contributed by atoms with Crippen molar-refractivity contribution in [1.29, 1.82) is 0 Å². The van der Waals surface area contributed by atoms with Crippen molar-refractivity contribution in [1.82, 2.24) is 20.5 Å². The van der Waals surface area contributed by atoms with Crippen LogP contribution in [0.5, 0.6) is 0 Å². The van der Waals surface area contributed by atoms with Gasteiger partial charge < -0.3 is 41.7 Å². The first-order valence-electron chi connectivity index (χ1n) is 18.7. The van der Waals surface area contributed by atoms with Gasteiger partial charge in [-0.2, -0.15) is 0 Å². The zero-order valence-corrected chi connectivity index (χ0v) is 34.7. The summed E-state index contributed by atoms with van der Waals surface area (Å²) in [6.45, 7) is 9.56. The average molecular weight is 818 g/mol. The highest BCUT2D eigenvalue weighted by Crippen LogP contribution is 2.30. The predicted octanol–water partition coefficient (Wildman–Crippen LogP) is 5.01. The van der Waals surface area contributed by atoms with Crippen LogP contribution in [0.15, 0.2) is 48.0 Å². The normalized spacial score (nSPS) is 17.0. The number of carbonyl (C=O) groups excluding carboxylic acids is 4. The van der Waals surface area contributed by atoms with Crippen LogP contribution in [0.2, 0.25) is 0 Å². The number of benzene rings is 2. The van der Waals surface area contributed by atoms with Gasteiger partial charge in [0.15, 0.2) is 0 Å². The number of ether oxygens (including phenoxy) is 1. The SMILES string of the molecule is Cc1ncsc1-c1ccc([C@H](C)NC(=O)[C@@H]2C[C@@H](O)CN2C(=O)[C@@H](NC(=O)OCCCCc2cccc(N(C)CC(N)CCC(N)=O)c2F)C(C)(C)C)cc1.Cl. The molecule has 0 spiro atoms. The molecule has 1 fully saturated rings. The lowest BCUT2D eigenvalue weighted by Gasteiger charge is -2.35. The van der Waals surface area contributed by atoms with Crippen LogP contribution in [0, 0.1) is 18.2 Å². The minimum Gasteiger partial charge on any atom is -0.450 e. The number of carbonyl (C=O) groups is 4. The highest BCUT2D eigenvalue weighted by atomic mass is 35.5. The maximum absolute atomic E-state index is 15.4. The van der Waals surface area contributed by atoms with Crippen LogP contribution in [0.4, 0.5) is 14.9 Å². The monoisotopic (exact) mass is 817 g/mol. The third-order valence-corrected chi connectivity index (χ3v) is 10.8. The largest absolute Gasteiger partial charge is 0.450 e. The molecule has 2 aromatic carbocycles. The van der Waals surface area contributed by atoms with Crippen molar-refractivity contribution >= 4 is 53.2 Å². The van der Waals surface area contributed by atoms with Gasteiger partial charge in [-0.25, -0.2) is 14.2 Å². The lowest BCUT2D eigenvalue weighted by atomic mass is 9.85. The average Bonchev–Trinajstić information content (AvgIpc) is 3.74. The van der Waals surface area contributed by atoms with E-state index >= 15 is 4.39 Å². The molecule has 1 unspecified atom stereocenters. The number of primary amides is 1. The fraction of sp³-hybridized carbons (Fsp3) is 0.525. The molecule has 7 N–H and O–H groups in total. The van der Waals surface area contributed by atoms with Gasteiger partial charge in [0, 0.05) is 39.0 Å². The van der Waals surface area contributed by atoms with Crippen LogP contribution < -0.4 is 27.0 Å². The molecule has 3 aromatic rings. The molecule has 308 valence electrons. The van der Waals surface area contributed by atoms with Gasteiger partial charge in [0.1, 0.15) is 17.9 Å². The first-order valence-corrected chi connectivity index (χ1v) is 19.6. The summed E-state index contributed by atoms with van der Waals surface area (Å²) < 4.78 is 20.8. The molecule has 56 heavy (non-hydrogen) atoms. The Morgan fingerprint density at radius 1 is 1.12 bits per heavy atom. The van der Waals surface area contributed by atoms with Crippen LogP contribution in [0.3, 0.4) is 0 Å². The van der Waals surface area contributed by atoms with Gasteiger partial charge in [0.05, 0.1) is 40.5 Å².